The number of H-pyrrole nitrogens is 1. The van der Waals surface area contributed by atoms with E-state index in [0.29, 0.717) is 17.3 Å². The number of halogens is 2. The molecular formula is C23H22F2N4O2. The fraction of sp³-hybridized carbons (Fsp3) is 0.217. The van der Waals surface area contributed by atoms with Gasteiger partial charge < -0.3 is 19.8 Å². The van der Waals surface area contributed by atoms with Crippen molar-refractivity contribution < 1.29 is 18.3 Å². The lowest BCUT2D eigenvalue weighted by Crippen LogP contribution is -2.12. The molecule has 0 spiro atoms. The van der Waals surface area contributed by atoms with E-state index in [4.69, 9.17) is 9.47 Å². The number of rotatable bonds is 5. The number of aromatic nitrogens is 3. The smallest absolute Gasteiger partial charge is 0.246 e. The molecule has 6 nitrogen and oxygen atoms in total. The van der Waals surface area contributed by atoms with E-state index >= 15 is 0 Å². The van der Waals surface area contributed by atoms with Gasteiger partial charge in [-0.1, -0.05) is 39.0 Å². The van der Waals surface area contributed by atoms with Crippen molar-refractivity contribution in [3.05, 3.63) is 65.7 Å². The molecule has 0 aliphatic rings. The van der Waals surface area contributed by atoms with Gasteiger partial charge in [0, 0.05) is 17.7 Å². The van der Waals surface area contributed by atoms with E-state index in [-0.39, 0.29) is 28.3 Å². The number of anilines is 2. The van der Waals surface area contributed by atoms with Crippen molar-refractivity contribution in [2.24, 2.45) is 0 Å². The quantitative estimate of drug-likeness (QED) is 0.406. The van der Waals surface area contributed by atoms with Crippen molar-refractivity contribution in [1.29, 1.82) is 0 Å². The molecule has 2 aromatic carbocycles. The minimum absolute atomic E-state index is 0.0333. The summed E-state index contributed by atoms with van der Waals surface area (Å²) < 4.78 is 38.9. The van der Waals surface area contributed by atoms with Gasteiger partial charge >= 0.3 is 0 Å². The van der Waals surface area contributed by atoms with E-state index in [1.807, 2.05) is 24.3 Å². The van der Waals surface area contributed by atoms with E-state index in [0.717, 1.165) is 11.6 Å². The van der Waals surface area contributed by atoms with Crippen molar-refractivity contribution in [2.75, 3.05) is 12.4 Å². The van der Waals surface area contributed by atoms with Gasteiger partial charge in [-0.05, 0) is 23.6 Å². The first-order valence-electron chi connectivity index (χ1n) is 9.69. The zero-order chi connectivity index (χ0) is 22.2. The summed E-state index contributed by atoms with van der Waals surface area (Å²) in [5, 5.41) is 3.04. The second kappa shape index (κ2) is 7.86. The van der Waals surface area contributed by atoms with Gasteiger partial charge in [-0.15, -0.1) is 0 Å². The Morgan fingerprint density at radius 2 is 1.77 bits per heavy atom. The number of nitrogens with one attached hydrogen (secondary N) is 2. The summed E-state index contributed by atoms with van der Waals surface area (Å²) >= 11 is 0. The van der Waals surface area contributed by atoms with Crippen LogP contribution in [0.15, 0.2) is 48.5 Å². The highest BCUT2D eigenvalue weighted by atomic mass is 19.1. The Hall–Kier alpha value is -3.68. The van der Waals surface area contributed by atoms with E-state index in [2.05, 4.69) is 41.0 Å². The highest BCUT2D eigenvalue weighted by Gasteiger charge is 2.21. The van der Waals surface area contributed by atoms with Gasteiger partial charge in [-0.25, -0.2) is 13.8 Å². The van der Waals surface area contributed by atoms with Crippen molar-refractivity contribution in [1.82, 2.24) is 15.0 Å². The summed E-state index contributed by atoms with van der Waals surface area (Å²) in [5.41, 5.74) is 1.60. The van der Waals surface area contributed by atoms with E-state index < -0.39 is 11.6 Å². The lowest BCUT2D eigenvalue weighted by Gasteiger charge is -2.23. The zero-order valence-electron chi connectivity index (χ0n) is 17.6. The van der Waals surface area contributed by atoms with Crippen LogP contribution in [0.1, 0.15) is 26.3 Å². The van der Waals surface area contributed by atoms with Crippen LogP contribution in [0.5, 0.6) is 17.5 Å². The molecule has 0 saturated carbocycles. The van der Waals surface area contributed by atoms with E-state index in [1.165, 1.54) is 13.2 Å². The summed E-state index contributed by atoms with van der Waals surface area (Å²) in [5.74, 6) is 0.0588. The van der Waals surface area contributed by atoms with Gasteiger partial charge in [-0.3, -0.25) is 0 Å². The normalized spacial score (nSPS) is 11.5. The van der Waals surface area contributed by atoms with Crippen LogP contribution in [0.25, 0.3) is 11.0 Å². The number of pyridine rings is 1. The highest BCUT2D eigenvalue weighted by molar-refractivity contribution is 5.79. The summed E-state index contributed by atoms with van der Waals surface area (Å²) in [4.78, 5) is 11.4. The summed E-state index contributed by atoms with van der Waals surface area (Å²) in [7, 11) is 1.51. The number of methoxy groups -OCH3 is 1. The number of nitrogens with zero attached hydrogens (tertiary/aromatic N) is 2. The van der Waals surface area contributed by atoms with Crippen LogP contribution in [0, 0.1) is 11.6 Å². The Bertz CT molecular complexity index is 1250. The van der Waals surface area contributed by atoms with Crippen LogP contribution in [0.4, 0.5) is 20.4 Å². The maximum Gasteiger partial charge on any atom is 0.246 e. The monoisotopic (exact) mass is 424 g/mol. The molecule has 0 bridgehead atoms. The Labute approximate surface area is 178 Å². The van der Waals surface area contributed by atoms with Crippen LogP contribution < -0.4 is 14.8 Å². The van der Waals surface area contributed by atoms with Crippen molar-refractivity contribution in [3.63, 3.8) is 0 Å². The van der Waals surface area contributed by atoms with Crippen molar-refractivity contribution in [2.45, 2.75) is 26.2 Å². The van der Waals surface area contributed by atoms with Gasteiger partial charge in [0.15, 0.2) is 5.82 Å². The molecule has 0 aliphatic heterocycles. The van der Waals surface area contributed by atoms with Crippen LogP contribution >= 0.6 is 0 Å². The summed E-state index contributed by atoms with van der Waals surface area (Å²) in [6.07, 6.45) is 0. The number of ether oxygens (including phenoxy) is 2. The summed E-state index contributed by atoms with van der Waals surface area (Å²) in [6.45, 7) is 6.28. The first-order chi connectivity index (χ1) is 14.7. The number of imidazole rings is 1. The standard InChI is InChI=1S/C23H22F2N4O2/c1-23(2,3)14-7-5-6-8-18(14)31-21-16(9-10-19(28-21)30-4)26-22-27-17-12-13(24)11-15(25)20(17)29-22/h5-12H,1-4H3,(H2,26,27,29). The second-order valence-electron chi connectivity index (χ2n) is 8.05. The average molecular weight is 424 g/mol. The van der Waals surface area contributed by atoms with E-state index in [1.54, 1.807) is 12.1 Å². The number of hydrogen-bond donors (Lipinski definition) is 2. The Balaban J connectivity index is 1.73. The molecule has 8 heteroatoms. The van der Waals surface area contributed by atoms with Crippen molar-refractivity contribution in [3.8, 4) is 17.5 Å². The SMILES string of the molecule is COc1ccc(Nc2nc3c(F)cc(F)cc3[nH]2)c(Oc2ccccc2C(C)(C)C)n1. The van der Waals surface area contributed by atoms with Crippen LogP contribution in [0.3, 0.4) is 0 Å². The van der Waals surface area contributed by atoms with Gasteiger partial charge in [0.1, 0.15) is 22.8 Å². The molecule has 2 aromatic heterocycles. The first-order valence-corrected chi connectivity index (χ1v) is 9.69. The fourth-order valence-corrected chi connectivity index (χ4v) is 3.22. The van der Waals surface area contributed by atoms with Gasteiger partial charge in [0.2, 0.25) is 17.7 Å². The molecule has 4 rings (SSSR count). The molecule has 4 aromatic rings. The third-order valence-electron chi connectivity index (χ3n) is 4.70. The van der Waals surface area contributed by atoms with Crippen LogP contribution in [-0.2, 0) is 5.41 Å². The number of fused-ring (bicyclic) bond motifs is 1. The molecule has 0 amide bonds. The molecule has 0 fully saturated rings. The molecular weight excluding hydrogens is 402 g/mol. The Morgan fingerprint density at radius 1 is 1.00 bits per heavy atom. The maximum atomic E-state index is 14.0. The van der Waals surface area contributed by atoms with Crippen molar-refractivity contribution >= 4 is 22.7 Å². The maximum absolute atomic E-state index is 14.0. The minimum Gasteiger partial charge on any atom is -0.481 e. The molecule has 0 aliphatic carbocycles. The lowest BCUT2D eigenvalue weighted by atomic mass is 9.86. The van der Waals surface area contributed by atoms with Crippen LogP contribution in [-0.4, -0.2) is 22.1 Å². The third-order valence-corrected chi connectivity index (χ3v) is 4.70. The predicted molar refractivity (Wildman–Crippen MR) is 115 cm³/mol. The highest BCUT2D eigenvalue weighted by Crippen LogP contribution is 2.37. The minimum atomic E-state index is -0.747. The third kappa shape index (κ3) is 4.28. The molecule has 0 radical (unpaired) electrons. The molecule has 0 atom stereocenters. The average Bonchev–Trinajstić information content (AvgIpc) is 3.11. The fourth-order valence-electron chi connectivity index (χ4n) is 3.22. The Kier molecular flexibility index (Phi) is 5.22. The molecule has 0 unspecified atom stereocenters. The Morgan fingerprint density at radius 3 is 2.52 bits per heavy atom. The second-order valence-corrected chi connectivity index (χ2v) is 8.05. The largest absolute Gasteiger partial charge is 0.481 e. The van der Waals surface area contributed by atoms with E-state index in [9.17, 15) is 8.78 Å². The number of hydrogen-bond acceptors (Lipinski definition) is 5. The summed E-state index contributed by atoms with van der Waals surface area (Å²) in [6, 6.07) is 13.0. The number of para-hydroxylation sites is 1. The molecule has 0 saturated heterocycles. The molecule has 160 valence electrons. The number of benzene rings is 2. The topological polar surface area (TPSA) is 72.1 Å². The molecule has 2 N–H and O–H groups in total. The van der Waals surface area contributed by atoms with Crippen LogP contribution in [0.2, 0.25) is 0 Å². The molecule has 2 heterocycles. The first kappa shape index (κ1) is 20.6. The van der Waals surface area contributed by atoms with Gasteiger partial charge in [0.05, 0.1) is 12.6 Å². The zero-order valence-corrected chi connectivity index (χ0v) is 17.6. The van der Waals surface area contributed by atoms with Gasteiger partial charge in [0.25, 0.3) is 0 Å². The predicted octanol–water partition coefficient (Wildman–Crippen LogP) is 6.08. The molecule has 31 heavy (non-hydrogen) atoms. The lowest BCUT2D eigenvalue weighted by molar-refractivity contribution is 0.381. The van der Waals surface area contributed by atoms with Gasteiger partial charge in [-0.2, -0.15) is 4.98 Å². The number of aromatic amines is 1.